The zero-order valence-corrected chi connectivity index (χ0v) is 12.3. The maximum absolute atomic E-state index is 13.8. The van der Waals surface area contributed by atoms with Gasteiger partial charge in [-0.3, -0.25) is 5.84 Å². The number of para-hydroxylation sites is 1. The van der Waals surface area contributed by atoms with Gasteiger partial charge >= 0.3 is 0 Å². The van der Waals surface area contributed by atoms with Gasteiger partial charge in [-0.1, -0.05) is 24.3 Å². The molecule has 2 rings (SSSR count). The highest BCUT2D eigenvalue weighted by Gasteiger charge is 2.20. The van der Waals surface area contributed by atoms with Crippen molar-refractivity contribution in [2.75, 3.05) is 14.2 Å². The Morgan fingerprint density at radius 1 is 1.14 bits per heavy atom. The van der Waals surface area contributed by atoms with E-state index in [4.69, 9.17) is 15.3 Å². The Balaban J connectivity index is 2.53. The van der Waals surface area contributed by atoms with Crippen molar-refractivity contribution in [1.82, 2.24) is 5.43 Å². The molecule has 0 aliphatic carbocycles. The Morgan fingerprint density at radius 3 is 2.48 bits per heavy atom. The molecule has 0 spiro atoms. The minimum absolute atomic E-state index is 0.269. The number of nitrogens with two attached hydrogens (primary N) is 1. The Morgan fingerprint density at radius 2 is 1.90 bits per heavy atom. The van der Waals surface area contributed by atoms with Crippen LogP contribution in [0.25, 0.3) is 0 Å². The number of halogens is 1. The SMILES string of the molecule is COc1cccc(C(NN)c2ccc(C)c(F)c2)c1OC. The number of hydrazine groups is 1. The first kappa shape index (κ1) is 15.3. The second kappa shape index (κ2) is 6.56. The van der Waals surface area contributed by atoms with Gasteiger partial charge in [0.05, 0.1) is 20.3 Å². The summed E-state index contributed by atoms with van der Waals surface area (Å²) in [6.07, 6.45) is 0. The van der Waals surface area contributed by atoms with Gasteiger partial charge in [0.25, 0.3) is 0 Å². The van der Waals surface area contributed by atoms with Crippen molar-refractivity contribution < 1.29 is 13.9 Å². The summed E-state index contributed by atoms with van der Waals surface area (Å²) < 4.78 is 24.5. The summed E-state index contributed by atoms with van der Waals surface area (Å²) in [6, 6.07) is 10.1. The maximum Gasteiger partial charge on any atom is 0.165 e. The van der Waals surface area contributed by atoms with Gasteiger partial charge in [-0.2, -0.15) is 0 Å². The van der Waals surface area contributed by atoms with Crippen LogP contribution in [0.15, 0.2) is 36.4 Å². The molecule has 0 saturated carbocycles. The van der Waals surface area contributed by atoms with Crippen molar-refractivity contribution in [3.05, 3.63) is 58.9 Å². The Bertz CT molecular complexity index is 632. The lowest BCUT2D eigenvalue weighted by molar-refractivity contribution is 0.349. The van der Waals surface area contributed by atoms with E-state index < -0.39 is 6.04 Å². The fourth-order valence-electron chi connectivity index (χ4n) is 2.29. The van der Waals surface area contributed by atoms with Gasteiger partial charge < -0.3 is 9.47 Å². The first-order valence-corrected chi connectivity index (χ1v) is 6.55. The van der Waals surface area contributed by atoms with E-state index in [1.54, 1.807) is 33.3 Å². The van der Waals surface area contributed by atoms with Crippen LogP contribution in [0.3, 0.4) is 0 Å². The Labute approximate surface area is 123 Å². The van der Waals surface area contributed by atoms with Gasteiger partial charge in [0, 0.05) is 5.56 Å². The fraction of sp³-hybridized carbons (Fsp3) is 0.250. The number of rotatable bonds is 5. The maximum atomic E-state index is 13.8. The zero-order valence-electron chi connectivity index (χ0n) is 12.3. The lowest BCUT2D eigenvalue weighted by atomic mass is 9.97. The predicted molar refractivity (Wildman–Crippen MR) is 79.8 cm³/mol. The van der Waals surface area contributed by atoms with Gasteiger partial charge in [0.1, 0.15) is 5.82 Å². The van der Waals surface area contributed by atoms with Crippen molar-refractivity contribution in [1.29, 1.82) is 0 Å². The second-order valence-corrected chi connectivity index (χ2v) is 4.69. The third kappa shape index (κ3) is 2.99. The van der Waals surface area contributed by atoms with Crippen molar-refractivity contribution in [2.45, 2.75) is 13.0 Å². The molecule has 0 bridgehead atoms. The van der Waals surface area contributed by atoms with E-state index in [1.165, 1.54) is 6.07 Å². The van der Waals surface area contributed by atoms with Crippen LogP contribution < -0.4 is 20.7 Å². The van der Waals surface area contributed by atoms with E-state index in [-0.39, 0.29) is 5.82 Å². The number of aryl methyl sites for hydroxylation is 1. The molecular formula is C16H19FN2O2. The van der Waals surface area contributed by atoms with Crippen molar-refractivity contribution >= 4 is 0 Å². The van der Waals surface area contributed by atoms with Gasteiger partial charge in [-0.05, 0) is 30.2 Å². The van der Waals surface area contributed by atoms with Crippen LogP contribution in [0.2, 0.25) is 0 Å². The van der Waals surface area contributed by atoms with Gasteiger partial charge in [0.2, 0.25) is 0 Å². The van der Waals surface area contributed by atoms with E-state index >= 15 is 0 Å². The number of methoxy groups -OCH3 is 2. The quantitative estimate of drug-likeness (QED) is 0.656. The molecule has 0 aliphatic rings. The summed E-state index contributed by atoms with van der Waals surface area (Å²) in [5.41, 5.74) is 4.79. The summed E-state index contributed by atoms with van der Waals surface area (Å²) in [6.45, 7) is 1.72. The molecule has 0 fully saturated rings. The molecule has 0 amide bonds. The van der Waals surface area contributed by atoms with Gasteiger partial charge in [-0.25, -0.2) is 9.82 Å². The average Bonchev–Trinajstić information content (AvgIpc) is 2.51. The molecule has 21 heavy (non-hydrogen) atoms. The smallest absolute Gasteiger partial charge is 0.165 e. The lowest BCUT2D eigenvalue weighted by Gasteiger charge is -2.21. The van der Waals surface area contributed by atoms with E-state index in [0.717, 1.165) is 5.56 Å². The number of ether oxygens (including phenoxy) is 2. The highest BCUT2D eigenvalue weighted by molar-refractivity contribution is 5.50. The highest BCUT2D eigenvalue weighted by Crippen LogP contribution is 2.37. The summed E-state index contributed by atoms with van der Waals surface area (Å²) in [4.78, 5) is 0. The summed E-state index contributed by atoms with van der Waals surface area (Å²) in [5, 5.41) is 0. The topological polar surface area (TPSA) is 56.5 Å². The highest BCUT2D eigenvalue weighted by atomic mass is 19.1. The number of nitrogens with one attached hydrogen (secondary N) is 1. The third-order valence-electron chi connectivity index (χ3n) is 3.44. The Kier molecular flexibility index (Phi) is 4.77. The first-order valence-electron chi connectivity index (χ1n) is 6.55. The van der Waals surface area contributed by atoms with Crippen LogP contribution in [0, 0.1) is 12.7 Å². The number of benzene rings is 2. The molecular weight excluding hydrogens is 271 g/mol. The van der Waals surface area contributed by atoms with E-state index in [9.17, 15) is 4.39 Å². The van der Waals surface area contributed by atoms with Crippen LogP contribution in [0.5, 0.6) is 11.5 Å². The molecule has 0 saturated heterocycles. The van der Waals surface area contributed by atoms with E-state index in [1.807, 2.05) is 18.2 Å². The van der Waals surface area contributed by atoms with Crippen LogP contribution in [0.4, 0.5) is 4.39 Å². The minimum atomic E-state index is -0.398. The van der Waals surface area contributed by atoms with E-state index in [0.29, 0.717) is 22.6 Å². The lowest BCUT2D eigenvalue weighted by Crippen LogP contribution is -2.29. The molecule has 0 aromatic heterocycles. The molecule has 5 heteroatoms. The van der Waals surface area contributed by atoms with Gasteiger partial charge in [-0.15, -0.1) is 0 Å². The van der Waals surface area contributed by atoms with Crippen molar-refractivity contribution in [3.63, 3.8) is 0 Å². The summed E-state index contributed by atoms with van der Waals surface area (Å²) in [7, 11) is 3.13. The zero-order chi connectivity index (χ0) is 15.4. The van der Waals surface area contributed by atoms with Crippen LogP contribution in [0.1, 0.15) is 22.7 Å². The summed E-state index contributed by atoms with van der Waals surface area (Å²) in [5.74, 6) is 6.58. The molecule has 0 aliphatic heterocycles. The summed E-state index contributed by atoms with van der Waals surface area (Å²) >= 11 is 0. The van der Waals surface area contributed by atoms with Crippen LogP contribution in [-0.4, -0.2) is 14.2 Å². The molecule has 1 unspecified atom stereocenters. The number of hydrogen-bond donors (Lipinski definition) is 2. The normalized spacial score (nSPS) is 12.0. The average molecular weight is 290 g/mol. The predicted octanol–water partition coefficient (Wildman–Crippen LogP) is 2.70. The molecule has 2 aromatic carbocycles. The van der Waals surface area contributed by atoms with Crippen molar-refractivity contribution in [2.24, 2.45) is 5.84 Å². The van der Waals surface area contributed by atoms with Crippen LogP contribution >= 0.6 is 0 Å². The molecule has 0 radical (unpaired) electrons. The first-order chi connectivity index (χ1) is 10.1. The minimum Gasteiger partial charge on any atom is -0.493 e. The molecule has 1 atom stereocenters. The van der Waals surface area contributed by atoms with Crippen molar-refractivity contribution in [3.8, 4) is 11.5 Å². The van der Waals surface area contributed by atoms with Crippen LogP contribution in [-0.2, 0) is 0 Å². The largest absolute Gasteiger partial charge is 0.493 e. The molecule has 0 heterocycles. The fourth-order valence-corrected chi connectivity index (χ4v) is 2.29. The molecule has 4 nitrogen and oxygen atoms in total. The molecule has 112 valence electrons. The molecule has 3 N–H and O–H groups in total. The molecule has 2 aromatic rings. The Hall–Kier alpha value is -2.11. The third-order valence-corrected chi connectivity index (χ3v) is 3.44. The van der Waals surface area contributed by atoms with E-state index in [2.05, 4.69) is 5.43 Å². The standard InChI is InChI=1S/C16H19FN2O2/c1-10-7-8-11(9-13(10)17)15(19-18)12-5-4-6-14(20-2)16(12)21-3/h4-9,15,19H,18H2,1-3H3. The number of hydrogen-bond acceptors (Lipinski definition) is 4. The monoisotopic (exact) mass is 290 g/mol. The van der Waals surface area contributed by atoms with Gasteiger partial charge in [0.15, 0.2) is 11.5 Å². The second-order valence-electron chi connectivity index (χ2n) is 4.69.